The number of Topliss-reactive ketones (excluding diaryl/α,β-unsaturated/α-hetero) is 1. The topological polar surface area (TPSA) is 66.8 Å². The van der Waals surface area contributed by atoms with Crippen molar-refractivity contribution < 1.29 is 19.7 Å². The lowest BCUT2D eigenvalue weighted by Crippen LogP contribution is -2.14. The molecular formula is C14H22O4. The second kappa shape index (κ2) is 9.76. The number of carbonyl (C=O) groups excluding carboxylic acids is 1. The molecule has 0 aliphatic carbocycles. The largest absolute Gasteiger partial charge is 0.368 e. The molecule has 0 saturated heterocycles. The Kier molecular flexibility index (Phi) is 9.10. The van der Waals surface area contributed by atoms with Crippen molar-refractivity contribution in [1.82, 2.24) is 0 Å². The lowest BCUT2D eigenvalue weighted by molar-refractivity contribution is -0.190. The Balaban J connectivity index is 0.000000360. The van der Waals surface area contributed by atoms with Gasteiger partial charge in [-0.2, -0.15) is 0 Å². The first-order valence-corrected chi connectivity index (χ1v) is 5.96. The van der Waals surface area contributed by atoms with E-state index in [4.69, 9.17) is 10.2 Å². The first-order chi connectivity index (χ1) is 8.41. The average Bonchev–Trinajstić information content (AvgIpc) is 2.26. The highest BCUT2D eigenvalue weighted by Gasteiger charge is 1.97. The third kappa shape index (κ3) is 11.3. The van der Waals surface area contributed by atoms with E-state index in [9.17, 15) is 4.79 Å². The van der Waals surface area contributed by atoms with Crippen LogP contribution < -0.4 is 0 Å². The molecule has 0 amide bonds. The molecule has 0 aliphatic rings. The first kappa shape index (κ1) is 16.8. The number of carbonyl (C=O) groups is 1. The van der Waals surface area contributed by atoms with Gasteiger partial charge in [-0.3, -0.25) is 0 Å². The lowest BCUT2D eigenvalue weighted by atomic mass is 10.1. The molecule has 4 heteroatoms. The van der Waals surface area contributed by atoms with Crippen molar-refractivity contribution in [2.24, 2.45) is 0 Å². The average molecular weight is 254 g/mol. The van der Waals surface area contributed by atoms with Gasteiger partial charge in [0.05, 0.1) is 0 Å². The van der Waals surface area contributed by atoms with Crippen LogP contribution in [0.15, 0.2) is 30.3 Å². The highest BCUT2D eigenvalue weighted by molar-refractivity contribution is 5.75. The normalized spacial score (nSPS) is 13.2. The van der Waals surface area contributed by atoms with Gasteiger partial charge in [0.2, 0.25) is 0 Å². The summed E-state index contributed by atoms with van der Waals surface area (Å²) in [4.78, 5) is 10.6. The highest BCUT2D eigenvalue weighted by Crippen LogP contribution is 2.01. The summed E-state index contributed by atoms with van der Waals surface area (Å²) in [5.41, 5.74) is 1.24. The molecule has 2 unspecified atom stereocenters. The van der Waals surface area contributed by atoms with E-state index in [0.29, 0.717) is 6.42 Å². The van der Waals surface area contributed by atoms with Crippen LogP contribution in [0.4, 0.5) is 0 Å². The minimum atomic E-state index is -0.875. The number of rotatable bonds is 5. The molecule has 0 spiro atoms. The molecule has 2 N–H and O–H groups in total. The van der Waals surface area contributed by atoms with Gasteiger partial charge < -0.3 is 19.7 Å². The molecule has 0 bridgehead atoms. The number of hydrogen-bond acceptors (Lipinski definition) is 4. The molecule has 4 nitrogen and oxygen atoms in total. The van der Waals surface area contributed by atoms with E-state index in [-0.39, 0.29) is 5.78 Å². The molecule has 102 valence electrons. The van der Waals surface area contributed by atoms with Gasteiger partial charge in [0.25, 0.3) is 0 Å². The summed E-state index contributed by atoms with van der Waals surface area (Å²) in [5.74, 6) is 0.258. The van der Waals surface area contributed by atoms with Gasteiger partial charge in [0, 0.05) is 6.42 Å². The second-order valence-electron chi connectivity index (χ2n) is 4.02. The molecule has 1 aromatic rings. The first-order valence-electron chi connectivity index (χ1n) is 5.96. The monoisotopic (exact) mass is 254 g/mol. The van der Waals surface area contributed by atoms with Crippen molar-refractivity contribution in [3.8, 4) is 0 Å². The molecule has 0 fully saturated rings. The second-order valence-corrected chi connectivity index (χ2v) is 4.02. The van der Waals surface area contributed by atoms with Crippen molar-refractivity contribution in [3.63, 3.8) is 0 Å². The Bertz CT molecular complexity index is 314. The summed E-state index contributed by atoms with van der Waals surface area (Å²) in [6.45, 7) is 4.50. The molecular weight excluding hydrogens is 232 g/mol. The molecule has 0 radical (unpaired) electrons. The van der Waals surface area contributed by atoms with Crippen LogP contribution >= 0.6 is 0 Å². The number of aliphatic hydroxyl groups is 2. The van der Waals surface area contributed by atoms with Crippen LogP contribution in [0.5, 0.6) is 0 Å². The van der Waals surface area contributed by atoms with Crippen molar-refractivity contribution in [3.05, 3.63) is 35.9 Å². The molecule has 18 heavy (non-hydrogen) atoms. The van der Waals surface area contributed by atoms with Crippen molar-refractivity contribution >= 4 is 5.78 Å². The van der Waals surface area contributed by atoms with Crippen molar-refractivity contribution in [2.45, 2.75) is 46.2 Å². The maximum Gasteiger partial charge on any atom is 0.154 e. The van der Waals surface area contributed by atoms with E-state index in [2.05, 4.69) is 4.74 Å². The zero-order chi connectivity index (χ0) is 14.0. The van der Waals surface area contributed by atoms with Gasteiger partial charge in [-0.1, -0.05) is 30.3 Å². The van der Waals surface area contributed by atoms with E-state index < -0.39 is 12.6 Å². The van der Waals surface area contributed by atoms with Crippen molar-refractivity contribution in [1.29, 1.82) is 0 Å². The van der Waals surface area contributed by atoms with E-state index in [0.717, 1.165) is 6.42 Å². The fourth-order valence-electron chi connectivity index (χ4n) is 1.25. The molecule has 1 aromatic carbocycles. The molecule has 2 atom stereocenters. The third-order valence-electron chi connectivity index (χ3n) is 2.00. The summed E-state index contributed by atoms with van der Waals surface area (Å²) in [5, 5.41) is 16.7. The standard InChI is InChI=1S/C10H12O.C4H10O3/c1-9(11)7-8-10-5-3-2-4-6-10;1-3(5)7-4(2)6/h2-6H,7-8H2,1H3;3-6H,1-2H3. The minimum absolute atomic E-state index is 0.258. The van der Waals surface area contributed by atoms with Crippen LogP contribution in [0.3, 0.4) is 0 Å². The minimum Gasteiger partial charge on any atom is -0.368 e. The van der Waals surface area contributed by atoms with E-state index in [1.165, 1.54) is 19.4 Å². The maximum absolute atomic E-state index is 10.6. The third-order valence-corrected chi connectivity index (χ3v) is 2.00. The van der Waals surface area contributed by atoms with E-state index in [1.807, 2.05) is 30.3 Å². The molecule has 0 heterocycles. The molecule has 1 rings (SSSR count). The van der Waals surface area contributed by atoms with Crippen molar-refractivity contribution in [2.75, 3.05) is 0 Å². The van der Waals surface area contributed by atoms with Gasteiger partial charge in [0.15, 0.2) is 12.6 Å². The zero-order valence-electron chi connectivity index (χ0n) is 11.2. The smallest absolute Gasteiger partial charge is 0.154 e. The van der Waals surface area contributed by atoms with Crippen LogP contribution in [0.2, 0.25) is 0 Å². The quantitative estimate of drug-likeness (QED) is 0.787. The van der Waals surface area contributed by atoms with Crippen LogP contribution in [-0.2, 0) is 16.0 Å². The number of ether oxygens (including phenoxy) is 1. The number of ketones is 1. The molecule has 0 aliphatic heterocycles. The zero-order valence-corrected chi connectivity index (χ0v) is 11.2. The fourth-order valence-corrected chi connectivity index (χ4v) is 1.25. The number of aryl methyl sites for hydroxylation is 1. The fraction of sp³-hybridized carbons (Fsp3) is 0.500. The van der Waals surface area contributed by atoms with Crippen LogP contribution in [0.1, 0.15) is 32.8 Å². The highest BCUT2D eigenvalue weighted by atomic mass is 16.7. The summed E-state index contributed by atoms with van der Waals surface area (Å²) < 4.78 is 4.36. The van der Waals surface area contributed by atoms with Crippen LogP contribution in [0.25, 0.3) is 0 Å². The Morgan fingerprint density at radius 3 is 2.00 bits per heavy atom. The SMILES string of the molecule is CC(=O)CCc1ccccc1.CC(O)OC(C)O. The number of benzene rings is 1. The lowest BCUT2D eigenvalue weighted by Gasteiger charge is -2.07. The van der Waals surface area contributed by atoms with E-state index in [1.54, 1.807) is 6.92 Å². The Morgan fingerprint density at radius 2 is 1.67 bits per heavy atom. The van der Waals surface area contributed by atoms with Gasteiger partial charge in [0.1, 0.15) is 5.78 Å². The van der Waals surface area contributed by atoms with Gasteiger partial charge >= 0.3 is 0 Å². The summed E-state index contributed by atoms with van der Waals surface area (Å²) in [7, 11) is 0. The molecule has 0 aromatic heterocycles. The predicted molar refractivity (Wildman–Crippen MR) is 69.9 cm³/mol. The maximum atomic E-state index is 10.6. The number of hydrogen-bond donors (Lipinski definition) is 2. The molecule has 0 saturated carbocycles. The number of aliphatic hydroxyl groups excluding tert-OH is 2. The van der Waals surface area contributed by atoms with Gasteiger partial charge in [-0.25, -0.2) is 0 Å². The van der Waals surface area contributed by atoms with E-state index >= 15 is 0 Å². The van der Waals surface area contributed by atoms with Gasteiger partial charge in [-0.15, -0.1) is 0 Å². The Labute approximate surface area is 108 Å². The van der Waals surface area contributed by atoms with Crippen LogP contribution in [-0.4, -0.2) is 28.6 Å². The Hall–Kier alpha value is -1.23. The van der Waals surface area contributed by atoms with Crippen LogP contribution in [0, 0.1) is 0 Å². The summed E-state index contributed by atoms with van der Waals surface area (Å²) in [6, 6.07) is 10.1. The van der Waals surface area contributed by atoms with Gasteiger partial charge in [-0.05, 0) is 32.8 Å². The summed E-state index contributed by atoms with van der Waals surface area (Å²) in [6.07, 6.45) is -0.222. The Morgan fingerprint density at radius 1 is 1.17 bits per heavy atom. The predicted octanol–water partition coefficient (Wildman–Crippen LogP) is 1.89. The summed E-state index contributed by atoms with van der Waals surface area (Å²) >= 11 is 0.